The van der Waals surface area contributed by atoms with Gasteiger partial charge in [-0.05, 0) is 54.9 Å². The summed E-state index contributed by atoms with van der Waals surface area (Å²) < 4.78 is 1.84. The highest BCUT2D eigenvalue weighted by Gasteiger charge is 2.48. The summed E-state index contributed by atoms with van der Waals surface area (Å²) in [5, 5.41) is 4.67. The zero-order valence-electron chi connectivity index (χ0n) is 16.5. The fourth-order valence-corrected chi connectivity index (χ4v) is 4.79. The number of likely N-dealkylation sites (tertiary alicyclic amines) is 1. The molecular weight excluding hydrogens is 350 g/mol. The van der Waals surface area contributed by atoms with Gasteiger partial charge in [0.05, 0.1) is 5.69 Å². The van der Waals surface area contributed by atoms with E-state index >= 15 is 0 Å². The lowest BCUT2D eigenvalue weighted by Crippen LogP contribution is -2.26. The molecule has 1 aliphatic carbocycles. The highest BCUT2D eigenvalue weighted by atomic mass is 16.2. The number of amides is 1. The van der Waals surface area contributed by atoms with Crippen molar-refractivity contribution in [1.29, 1.82) is 0 Å². The van der Waals surface area contributed by atoms with Gasteiger partial charge in [-0.25, -0.2) is 4.98 Å². The first-order valence-electron chi connectivity index (χ1n) is 10.2. The van der Waals surface area contributed by atoms with Crippen LogP contribution in [0.5, 0.6) is 0 Å². The maximum atomic E-state index is 12.0. The van der Waals surface area contributed by atoms with Crippen molar-refractivity contribution >= 4 is 11.7 Å². The van der Waals surface area contributed by atoms with E-state index in [0.29, 0.717) is 5.41 Å². The third-order valence-electron chi connectivity index (χ3n) is 6.74. The lowest BCUT2D eigenvalue weighted by atomic mass is 9.93. The Balaban J connectivity index is 1.48. The Morgan fingerprint density at radius 1 is 1.32 bits per heavy atom. The number of nitrogens with zero attached hydrogens (tertiary/aromatic N) is 5. The van der Waals surface area contributed by atoms with Gasteiger partial charge in [0.25, 0.3) is 0 Å². The number of carbonyl (C=O) groups excluding carboxylic acids is 1. The summed E-state index contributed by atoms with van der Waals surface area (Å²) in [7, 11) is 1.95. The lowest BCUT2D eigenvalue weighted by molar-refractivity contribution is -0.125. The standard InChI is InChI=1S/C22H27N5O/c1-3-21(28)26-10-4-16(14-26)18-13-23-20(27-11-8-22(15-27)6-7-22)12-17(18)19-5-9-25(2)24-19/h3,5,9,12-13,16H,1,4,6-8,10-11,14-15H2,2H3. The molecule has 0 N–H and O–H groups in total. The van der Waals surface area contributed by atoms with E-state index in [2.05, 4.69) is 28.7 Å². The minimum Gasteiger partial charge on any atom is -0.356 e. The molecule has 2 saturated heterocycles. The molecule has 1 saturated carbocycles. The number of pyridine rings is 1. The van der Waals surface area contributed by atoms with E-state index in [1.165, 1.54) is 30.9 Å². The average Bonchev–Trinajstić information content (AvgIpc) is 3.10. The van der Waals surface area contributed by atoms with E-state index in [1.807, 2.05) is 29.0 Å². The predicted octanol–water partition coefficient (Wildman–Crippen LogP) is 2.97. The molecule has 6 heteroatoms. The molecule has 2 aromatic rings. The number of hydrogen-bond acceptors (Lipinski definition) is 4. The maximum absolute atomic E-state index is 12.0. The largest absolute Gasteiger partial charge is 0.356 e. The van der Waals surface area contributed by atoms with Crippen LogP contribution in [-0.4, -0.2) is 51.8 Å². The van der Waals surface area contributed by atoms with Gasteiger partial charge in [0.2, 0.25) is 5.91 Å². The van der Waals surface area contributed by atoms with Crippen LogP contribution in [0.4, 0.5) is 5.82 Å². The van der Waals surface area contributed by atoms with Crippen molar-refractivity contribution in [1.82, 2.24) is 19.7 Å². The van der Waals surface area contributed by atoms with Crippen LogP contribution in [0.25, 0.3) is 11.3 Å². The minimum absolute atomic E-state index is 0.0123. The molecule has 1 atom stereocenters. The SMILES string of the molecule is C=CC(=O)N1CCC(c2cnc(N3CCC4(CC4)C3)cc2-c2ccn(C)n2)C1. The third kappa shape index (κ3) is 3.01. The Kier molecular flexibility index (Phi) is 4.03. The van der Waals surface area contributed by atoms with Crippen LogP contribution < -0.4 is 4.90 Å². The average molecular weight is 377 g/mol. The fraction of sp³-hybridized carbons (Fsp3) is 0.500. The van der Waals surface area contributed by atoms with Crippen LogP contribution >= 0.6 is 0 Å². The molecule has 0 radical (unpaired) electrons. The van der Waals surface area contributed by atoms with Crippen molar-refractivity contribution in [2.24, 2.45) is 12.5 Å². The molecule has 1 spiro atoms. The summed E-state index contributed by atoms with van der Waals surface area (Å²) in [6.07, 6.45) is 10.4. The molecule has 3 fully saturated rings. The summed E-state index contributed by atoms with van der Waals surface area (Å²) in [6, 6.07) is 4.29. The van der Waals surface area contributed by atoms with Crippen LogP contribution in [0.15, 0.2) is 37.2 Å². The van der Waals surface area contributed by atoms with E-state index in [4.69, 9.17) is 4.98 Å². The van der Waals surface area contributed by atoms with Gasteiger partial charge in [-0.2, -0.15) is 5.10 Å². The lowest BCUT2D eigenvalue weighted by Gasteiger charge is -2.21. The molecule has 2 aliphatic heterocycles. The van der Waals surface area contributed by atoms with E-state index in [9.17, 15) is 4.79 Å². The van der Waals surface area contributed by atoms with Gasteiger partial charge in [0.15, 0.2) is 0 Å². The topological polar surface area (TPSA) is 54.3 Å². The number of carbonyl (C=O) groups is 1. The summed E-state index contributed by atoms with van der Waals surface area (Å²) in [5.74, 6) is 1.36. The molecule has 28 heavy (non-hydrogen) atoms. The second-order valence-electron chi connectivity index (χ2n) is 8.65. The summed E-state index contributed by atoms with van der Waals surface area (Å²) in [4.78, 5) is 21.2. The van der Waals surface area contributed by atoms with Crippen LogP contribution in [0.3, 0.4) is 0 Å². The van der Waals surface area contributed by atoms with Gasteiger partial charge in [-0.15, -0.1) is 0 Å². The van der Waals surface area contributed by atoms with Gasteiger partial charge >= 0.3 is 0 Å². The molecule has 6 nitrogen and oxygen atoms in total. The predicted molar refractivity (Wildman–Crippen MR) is 109 cm³/mol. The molecule has 3 aliphatic rings. The van der Waals surface area contributed by atoms with Gasteiger partial charge in [0, 0.05) is 57.1 Å². The van der Waals surface area contributed by atoms with Crippen molar-refractivity contribution in [3.8, 4) is 11.3 Å². The van der Waals surface area contributed by atoms with Crippen LogP contribution in [0, 0.1) is 5.41 Å². The van der Waals surface area contributed by atoms with Crippen molar-refractivity contribution in [2.75, 3.05) is 31.1 Å². The second kappa shape index (κ2) is 6.47. The highest BCUT2D eigenvalue weighted by Crippen LogP contribution is 2.53. The minimum atomic E-state index is 0.0123. The van der Waals surface area contributed by atoms with Crippen molar-refractivity contribution in [3.63, 3.8) is 0 Å². The summed E-state index contributed by atoms with van der Waals surface area (Å²) in [5.41, 5.74) is 3.90. The number of hydrogen-bond donors (Lipinski definition) is 0. The smallest absolute Gasteiger partial charge is 0.245 e. The van der Waals surface area contributed by atoms with Gasteiger partial charge < -0.3 is 9.80 Å². The number of aryl methyl sites for hydroxylation is 1. The summed E-state index contributed by atoms with van der Waals surface area (Å²) >= 11 is 0. The first-order chi connectivity index (χ1) is 13.6. The van der Waals surface area contributed by atoms with Crippen molar-refractivity contribution in [3.05, 3.63) is 42.7 Å². The first kappa shape index (κ1) is 17.5. The molecule has 5 rings (SSSR count). The molecule has 4 heterocycles. The molecule has 1 amide bonds. The second-order valence-corrected chi connectivity index (χ2v) is 8.65. The normalized spacial score (nSPS) is 22.8. The molecule has 146 valence electrons. The Labute approximate surface area is 165 Å². The van der Waals surface area contributed by atoms with Crippen LogP contribution in [0.1, 0.15) is 37.2 Å². The number of aromatic nitrogens is 3. The van der Waals surface area contributed by atoms with Gasteiger partial charge in [-0.3, -0.25) is 9.48 Å². The van der Waals surface area contributed by atoms with E-state index in [0.717, 1.165) is 49.7 Å². The molecule has 0 aromatic carbocycles. The van der Waals surface area contributed by atoms with Crippen LogP contribution in [-0.2, 0) is 11.8 Å². The zero-order valence-corrected chi connectivity index (χ0v) is 16.5. The van der Waals surface area contributed by atoms with E-state index in [1.54, 1.807) is 0 Å². The molecular formula is C22H27N5O. The Morgan fingerprint density at radius 3 is 2.86 bits per heavy atom. The number of rotatable bonds is 4. The van der Waals surface area contributed by atoms with Crippen molar-refractivity contribution in [2.45, 2.75) is 31.6 Å². The number of anilines is 1. The third-order valence-corrected chi connectivity index (χ3v) is 6.74. The molecule has 2 aromatic heterocycles. The summed E-state index contributed by atoms with van der Waals surface area (Å²) in [6.45, 7) is 7.34. The van der Waals surface area contributed by atoms with Gasteiger partial charge in [0.1, 0.15) is 5.82 Å². The quantitative estimate of drug-likeness (QED) is 0.769. The van der Waals surface area contributed by atoms with E-state index in [-0.39, 0.29) is 11.8 Å². The highest BCUT2D eigenvalue weighted by molar-refractivity contribution is 5.87. The molecule has 1 unspecified atom stereocenters. The van der Waals surface area contributed by atoms with Crippen LogP contribution in [0.2, 0.25) is 0 Å². The monoisotopic (exact) mass is 377 g/mol. The maximum Gasteiger partial charge on any atom is 0.245 e. The molecule has 0 bridgehead atoms. The first-order valence-corrected chi connectivity index (χ1v) is 10.2. The van der Waals surface area contributed by atoms with Gasteiger partial charge in [-0.1, -0.05) is 6.58 Å². The van der Waals surface area contributed by atoms with E-state index < -0.39 is 0 Å². The fourth-order valence-electron chi connectivity index (χ4n) is 4.79. The Hall–Kier alpha value is -2.63. The Morgan fingerprint density at radius 2 is 2.18 bits per heavy atom. The van der Waals surface area contributed by atoms with Crippen molar-refractivity contribution < 1.29 is 4.79 Å². The zero-order chi connectivity index (χ0) is 19.3. The Bertz CT molecular complexity index is 929.